The van der Waals surface area contributed by atoms with Crippen molar-refractivity contribution in [3.8, 4) is 5.69 Å². The van der Waals surface area contributed by atoms with E-state index in [-0.39, 0.29) is 0 Å². The van der Waals surface area contributed by atoms with Crippen molar-refractivity contribution in [3.05, 3.63) is 76.6 Å². The van der Waals surface area contributed by atoms with Crippen LogP contribution in [0.2, 0.25) is 5.02 Å². The summed E-state index contributed by atoms with van der Waals surface area (Å²) in [4.78, 5) is 5.08. The topological polar surface area (TPSA) is 24.3 Å². The highest BCUT2D eigenvalue weighted by molar-refractivity contribution is 6.30. The average molecular weight is 435 g/mol. The van der Waals surface area contributed by atoms with Crippen LogP contribution in [-0.2, 0) is 19.3 Å². The normalized spacial score (nSPS) is 17.0. The molecule has 0 saturated carbocycles. The van der Waals surface area contributed by atoms with Gasteiger partial charge in [0.15, 0.2) is 0 Å². The van der Waals surface area contributed by atoms with Crippen LogP contribution in [0.5, 0.6) is 0 Å². The first-order valence-corrected chi connectivity index (χ1v) is 12.0. The number of para-hydroxylation sites is 1. The Labute approximate surface area is 190 Å². The number of aromatic nitrogens is 2. The lowest BCUT2D eigenvalue weighted by atomic mass is 9.94. The molecule has 0 atom stereocenters. The van der Waals surface area contributed by atoms with Crippen molar-refractivity contribution < 1.29 is 0 Å². The summed E-state index contributed by atoms with van der Waals surface area (Å²) in [5.41, 5.74) is 6.79. The number of rotatable bonds is 6. The largest absolute Gasteiger partial charge is 0.369 e. The number of fused-ring (bicyclic) bond motifs is 1. The van der Waals surface area contributed by atoms with Gasteiger partial charge in [-0.15, -0.1) is 0 Å². The molecule has 0 bridgehead atoms. The lowest BCUT2D eigenvalue weighted by molar-refractivity contribution is 0.254. The molecule has 3 aromatic rings. The van der Waals surface area contributed by atoms with Gasteiger partial charge in [0.25, 0.3) is 0 Å². The maximum Gasteiger partial charge on any atom is 0.0663 e. The highest BCUT2D eigenvalue weighted by Crippen LogP contribution is 2.27. The second-order valence-corrected chi connectivity index (χ2v) is 9.17. The molecule has 0 radical (unpaired) electrons. The van der Waals surface area contributed by atoms with Gasteiger partial charge in [0.2, 0.25) is 0 Å². The Morgan fingerprint density at radius 3 is 2.32 bits per heavy atom. The van der Waals surface area contributed by atoms with E-state index in [2.05, 4.69) is 56.9 Å². The van der Waals surface area contributed by atoms with Crippen LogP contribution < -0.4 is 4.90 Å². The van der Waals surface area contributed by atoms with Crippen molar-refractivity contribution in [2.75, 3.05) is 37.6 Å². The van der Waals surface area contributed by atoms with E-state index in [0.29, 0.717) is 0 Å². The van der Waals surface area contributed by atoms with Crippen molar-refractivity contribution in [2.45, 2.75) is 38.5 Å². The molecule has 1 saturated heterocycles. The molecule has 2 aromatic carbocycles. The van der Waals surface area contributed by atoms with Crippen LogP contribution in [0.4, 0.5) is 5.69 Å². The molecule has 1 aliphatic heterocycles. The molecule has 2 heterocycles. The predicted molar refractivity (Wildman–Crippen MR) is 129 cm³/mol. The summed E-state index contributed by atoms with van der Waals surface area (Å²) in [6.07, 6.45) is 7.19. The molecule has 1 aromatic heterocycles. The van der Waals surface area contributed by atoms with E-state index in [0.717, 1.165) is 50.6 Å². The van der Waals surface area contributed by atoms with Crippen LogP contribution in [0.15, 0.2) is 54.6 Å². The molecule has 0 N–H and O–H groups in total. The number of piperazine rings is 1. The maximum atomic E-state index is 6.03. The van der Waals surface area contributed by atoms with Crippen molar-refractivity contribution in [1.82, 2.24) is 14.7 Å². The third-order valence-corrected chi connectivity index (χ3v) is 6.97. The monoisotopic (exact) mass is 434 g/mol. The molecule has 5 rings (SSSR count). The molecule has 162 valence electrons. The molecule has 0 unspecified atom stereocenters. The van der Waals surface area contributed by atoms with Crippen LogP contribution in [0.25, 0.3) is 5.69 Å². The van der Waals surface area contributed by atoms with Crippen molar-refractivity contribution in [3.63, 3.8) is 0 Å². The van der Waals surface area contributed by atoms with Gasteiger partial charge in [0, 0.05) is 42.6 Å². The van der Waals surface area contributed by atoms with Gasteiger partial charge < -0.3 is 4.90 Å². The Morgan fingerprint density at radius 2 is 1.55 bits per heavy atom. The molecule has 31 heavy (non-hydrogen) atoms. The lowest BCUT2D eigenvalue weighted by Crippen LogP contribution is -2.46. The van der Waals surface area contributed by atoms with Crippen molar-refractivity contribution >= 4 is 17.3 Å². The van der Waals surface area contributed by atoms with Crippen LogP contribution in [-0.4, -0.2) is 47.4 Å². The number of anilines is 1. The zero-order chi connectivity index (χ0) is 21.0. The lowest BCUT2D eigenvalue weighted by Gasteiger charge is -2.36. The third-order valence-electron chi connectivity index (χ3n) is 6.72. The summed E-state index contributed by atoms with van der Waals surface area (Å²) in [6.45, 7) is 5.57. The molecule has 1 fully saturated rings. The SMILES string of the molecule is Clc1ccc(N2CCN(CCCc3c4c(nn3-c3ccccc3)CCCC4)CC2)cc1. The smallest absolute Gasteiger partial charge is 0.0663 e. The summed E-state index contributed by atoms with van der Waals surface area (Å²) < 4.78 is 2.23. The van der Waals surface area contributed by atoms with E-state index >= 15 is 0 Å². The Bertz CT molecular complexity index is 988. The highest BCUT2D eigenvalue weighted by atomic mass is 35.5. The molecular weight excluding hydrogens is 404 g/mol. The molecule has 0 spiro atoms. The van der Waals surface area contributed by atoms with Gasteiger partial charge in [-0.1, -0.05) is 29.8 Å². The van der Waals surface area contributed by atoms with Crippen LogP contribution in [0.3, 0.4) is 0 Å². The summed E-state index contributed by atoms with van der Waals surface area (Å²) >= 11 is 6.03. The van der Waals surface area contributed by atoms with E-state index in [9.17, 15) is 0 Å². The van der Waals surface area contributed by atoms with Crippen LogP contribution >= 0.6 is 11.6 Å². The summed E-state index contributed by atoms with van der Waals surface area (Å²) in [6, 6.07) is 18.9. The van der Waals surface area contributed by atoms with E-state index in [1.807, 2.05) is 12.1 Å². The standard InChI is InChI=1S/C26H31ClN4/c27-21-12-14-22(15-13-21)30-19-17-29(18-20-30)16-6-11-26-24-9-4-5-10-25(24)28-31(26)23-7-2-1-3-8-23/h1-3,7-8,12-15H,4-6,9-11,16-20H2. The first-order chi connectivity index (χ1) is 15.3. The van der Waals surface area contributed by atoms with Gasteiger partial charge in [0.1, 0.15) is 0 Å². The van der Waals surface area contributed by atoms with E-state index in [1.54, 1.807) is 0 Å². The molecule has 0 amide bonds. The Hall–Kier alpha value is -2.30. The minimum absolute atomic E-state index is 0.805. The zero-order valence-electron chi connectivity index (χ0n) is 18.1. The molecule has 5 heteroatoms. The molecule has 2 aliphatic rings. The van der Waals surface area contributed by atoms with Gasteiger partial charge in [-0.05, 0) is 87.0 Å². The van der Waals surface area contributed by atoms with Crippen molar-refractivity contribution in [2.24, 2.45) is 0 Å². The Kier molecular flexibility index (Phi) is 6.28. The number of aryl methyl sites for hydroxylation is 1. The summed E-state index contributed by atoms with van der Waals surface area (Å²) in [7, 11) is 0. The fourth-order valence-electron chi connectivity index (χ4n) is 5.01. The highest BCUT2D eigenvalue weighted by Gasteiger charge is 2.22. The summed E-state index contributed by atoms with van der Waals surface area (Å²) in [5.74, 6) is 0. The first-order valence-electron chi connectivity index (χ1n) is 11.7. The second kappa shape index (κ2) is 9.46. The maximum absolute atomic E-state index is 6.03. The second-order valence-electron chi connectivity index (χ2n) is 8.74. The number of benzene rings is 2. The Morgan fingerprint density at radius 1 is 0.806 bits per heavy atom. The fraction of sp³-hybridized carbons (Fsp3) is 0.423. The van der Waals surface area contributed by atoms with Crippen LogP contribution in [0, 0.1) is 0 Å². The predicted octanol–water partition coefficient (Wildman–Crippen LogP) is 5.16. The number of hydrogen-bond donors (Lipinski definition) is 0. The van der Waals surface area contributed by atoms with Crippen molar-refractivity contribution in [1.29, 1.82) is 0 Å². The molecule has 4 nitrogen and oxygen atoms in total. The Balaban J connectivity index is 1.20. The van der Waals surface area contributed by atoms with Gasteiger partial charge in [0.05, 0.1) is 11.4 Å². The van der Waals surface area contributed by atoms with Gasteiger partial charge in [-0.3, -0.25) is 4.90 Å². The minimum atomic E-state index is 0.805. The number of halogens is 1. The summed E-state index contributed by atoms with van der Waals surface area (Å²) in [5, 5.41) is 5.83. The van der Waals surface area contributed by atoms with Gasteiger partial charge in [-0.2, -0.15) is 5.10 Å². The van der Waals surface area contributed by atoms with E-state index in [1.165, 1.54) is 54.0 Å². The zero-order valence-corrected chi connectivity index (χ0v) is 18.9. The van der Waals surface area contributed by atoms with E-state index < -0.39 is 0 Å². The number of nitrogens with zero attached hydrogens (tertiary/aromatic N) is 4. The average Bonchev–Trinajstić information content (AvgIpc) is 3.19. The van der Waals surface area contributed by atoms with Crippen LogP contribution in [0.1, 0.15) is 36.2 Å². The fourth-order valence-corrected chi connectivity index (χ4v) is 5.14. The molecular formula is C26H31ClN4. The van der Waals surface area contributed by atoms with E-state index in [4.69, 9.17) is 16.7 Å². The third kappa shape index (κ3) is 4.65. The minimum Gasteiger partial charge on any atom is -0.369 e. The molecule has 1 aliphatic carbocycles. The van der Waals surface area contributed by atoms with Gasteiger partial charge >= 0.3 is 0 Å². The number of hydrogen-bond acceptors (Lipinski definition) is 3. The van der Waals surface area contributed by atoms with Gasteiger partial charge in [-0.25, -0.2) is 4.68 Å². The quantitative estimate of drug-likeness (QED) is 0.535. The first kappa shape index (κ1) is 20.6.